The van der Waals surface area contributed by atoms with E-state index in [1.54, 1.807) is 6.26 Å². The van der Waals surface area contributed by atoms with E-state index in [2.05, 4.69) is 26.0 Å². The maximum absolute atomic E-state index is 12.8. The van der Waals surface area contributed by atoms with Crippen LogP contribution >= 0.6 is 0 Å². The molecule has 3 aliphatic carbocycles. The number of carbonyl (C=O) groups excluding carboxylic acids is 1. The molecule has 0 amide bonds. The van der Waals surface area contributed by atoms with Crippen molar-refractivity contribution in [2.45, 2.75) is 50.6 Å². The summed E-state index contributed by atoms with van der Waals surface area (Å²) in [4.78, 5) is 12.8. The topological polar surface area (TPSA) is 85.2 Å². The van der Waals surface area contributed by atoms with Crippen molar-refractivity contribution in [2.24, 2.45) is 34.5 Å². The van der Waals surface area contributed by atoms with Gasteiger partial charge in [-0.25, -0.2) is 4.79 Å². The lowest BCUT2D eigenvalue weighted by atomic mass is 9.39. The number of methoxy groups -OCH3 is 1. The van der Waals surface area contributed by atoms with Crippen molar-refractivity contribution in [3.8, 4) is 0 Å². The van der Waals surface area contributed by atoms with Gasteiger partial charge in [-0.15, -0.1) is 0 Å². The molecule has 0 aromatic heterocycles. The van der Waals surface area contributed by atoms with E-state index in [4.69, 9.17) is 14.2 Å². The predicted octanol–water partition coefficient (Wildman–Crippen LogP) is 1.42. The summed E-state index contributed by atoms with van der Waals surface area (Å²) >= 11 is 0. The molecule has 10 atom stereocenters. The predicted molar refractivity (Wildman–Crippen MR) is 95.3 cm³/mol. The van der Waals surface area contributed by atoms with Crippen LogP contribution in [0.5, 0.6) is 0 Å². The number of hydrogen-bond acceptors (Lipinski definition) is 6. The summed E-state index contributed by atoms with van der Waals surface area (Å²) in [6.45, 7) is 4.71. The highest BCUT2D eigenvalue weighted by atomic mass is 16.6. The molecular weight excluding hydrogens is 348 g/mol. The van der Waals surface area contributed by atoms with E-state index in [0.29, 0.717) is 11.8 Å². The monoisotopic (exact) mass is 376 g/mol. The number of aliphatic hydroxyl groups is 2. The summed E-state index contributed by atoms with van der Waals surface area (Å²) in [6.07, 6.45) is 7.05. The Morgan fingerprint density at radius 2 is 2.07 bits per heavy atom. The van der Waals surface area contributed by atoms with Gasteiger partial charge in [0.2, 0.25) is 5.60 Å². The lowest BCUT2D eigenvalue weighted by Crippen LogP contribution is -2.75. The summed E-state index contributed by atoms with van der Waals surface area (Å²) in [5.41, 5.74) is -2.31. The van der Waals surface area contributed by atoms with Gasteiger partial charge in [-0.1, -0.05) is 26.0 Å². The van der Waals surface area contributed by atoms with Gasteiger partial charge in [0.25, 0.3) is 0 Å². The number of esters is 1. The molecular formula is C21H28O6. The molecule has 0 aromatic rings. The van der Waals surface area contributed by atoms with Crippen LogP contribution < -0.4 is 0 Å². The van der Waals surface area contributed by atoms with Crippen molar-refractivity contribution in [2.75, 3.05) is 13.7 Å². The van der Waals surface area contributed by atoms with Crippen molar-refractivity contribution in [1.29, 1.82) is 0 Å². The molecule has 2 saturated carbocycles. The minimum absolute atomic E-state index is 0.154. The molecule has 5 aliphatic rings. The Balaban J connectivity index is 1.73. The number of rotatable bonds is 1. The quantitative estimate of drug-likeness (QED) is 0.532. The van der Waals surface area contributed by atoms with Gasteiger partial charge < -0.3 is 24.4 Å². The van der Waals surface area contributed by atoms with E-state index >= 15 is 0 Å². The minimum Gasteiger partial charge on any atom is -0.498 e. The van der Waals surface area contributed by atoms with Crippen molar-refractivity contribution in [3.63, 3.8) is 0 Å². The molecule has 3 fully saturated rings. The van der Waals surface area contributed by atoms with Crippen molar-refractivity contribution in [3.05, 3.63) is 24.5 Å². The van der Waals surface area contributed by atoms with E-state index in [-0.39, 0.29) is 30.0 Å². The Bertz CT molecular complexity index is 732. The van der Waals surface area contributed by atoms with Crippen LogP contribution in [0.15, 0.2) is 24.5 Å². The number of hydrogen-bond donors (Lipinski definition) is 2. The van der Waals surface area contributed by atoms with Gasteiger partial charge in [-0.3, -0.25) is 0 Å². The SMILES string of the molecule is COC(=O)[C@@]12OC[C@]34[C@H]([C@H](O)[C@@H]1O)[C@@]1(C)CC=C[C@@H](C)[C@@H]1C[C@H]3OC=C[C@@H]24. The summed E-state index contributed by atoms with van der Waals surface area (Å²) in [6, 6.07) is 0. The van der Waals surface area contributed by atoms with E-state index in [1.807, 2.05) is 6.08 Å². The number of aliphatic hydroxyl groups excluding tert-OH is 2. The van der Waals surface area contributed by atoms with Gasteiger partial charge in [-0.2, -0.15) is 0 Å². The second-order valence-electron chi connectivity index (χ2n) is 9.37. The summed E-state index contributed by atoms with van der Waals surface area (Å²) in [5.74, 6) is -0.523. The number of allylic oxidation sites excluding steroid dienone is 2. The fourth-order valence-electron chi connectivity index (χ4n) is 7.53. The van der Waals surface area contributed by atoms with E-state index in [9.17, 15) is 15.0 Å². The van der Waals surface area contributed by atoms with Crippen LogP contribution in [0, 0.1) is 34.5 Å². The zero-order valence-electron chi connectivity index (χ0n) is 16.0. The molecule has 6 heteroatoms. The van der Waals surface area contributed by atoms with E-state index in [0.717, 1.165) is 12.8 Å². The number of fused-ring (bicyclic) bond motifs is 2. The molecule has 2 aliphatic heterocycles. The smallest absolute Gasteiger partial charge is 0.341 e. The van der Waals surface area contributed by atoms with Gasteiger partial charge in [0.05, 0.1) is 26.1 Å². The van der Waals surface area contributed by atoms with Crippen LogP contribution in [0.25, 0.3) is 0 Å². The van der Waals surface area contributed by atoms with Gasteiger partial charge in [0.1, 0.15) is 12.2 Å². The summed E-state index contributed by atoms with van der Waals surface area (Å²) in [5, 5.41) is 22.5. The Kier molecular flexibility index (Phi) is 3.52. The number of ether oxygens (including phenoxy) is 3. The number of carbonyl (C=O) groups is 1. The van der Waals surface area contributed by atoms with Crippen molar-refractivity contribution >= 4 is 5.97 Å². The fourth-order valence-corrected chi connectivity index (χ4v) is 7.53. The first-order chi connectivity index (χ1) is 12.8. The highest BCUT2D eigenvalue weighted by Gasteiger charge is 2.80. The normalized spacial score (nSPS) is 57.4. The van der Waals surface area contributed by atoms with Crippen molar-refractivity contribution < 1.29 is 29.2 Å². The molecule has 1 spiro atoms. The van der Waals surface area contributed by atoms with Gasteiger partial charge >= 0.3 is 5.97 Å². The minimum atomic E-state index is -1.57. The van der Waals surface area contributed by atoms with Crippen LogP contribution in [-0.2, 0) is 19.0 Å². The third kappa shape index (κ3) is 1.76. The molecule has 1 saturated heterocycles. The fraction of sp³-hybridized carbons (Fsp3) is 0.762. The zero-order valence-corrected chi connectivity index (χ0v) is 16.0. The molecule has 148 valence electrons. The van der Waals surface area contributed by atoms with E-state index < -0.39 is 29.2 Å². The van der Waals surface area contributed by atoms with Crippen LogP contribution in [0.4, 0.5) is 0 Å². The third-order valence-corrected chi connectivity index (χ3v) is 8.56. The first kappa shape index (κ1) is 17.7. The second kappa shape index (κ2) is 5.37. The Morgan fingerprint density at radius 3 is 2.81 bits per heavy atom. The van der Waals surface area contributed by atoms with Gasteiger partial charge in [0.15, 0.2) is 0 Å². The average molecular weight is 376 g/mol. The first-order valence-electron chi connectivity index (χ1n) is 9.91. The molecule has 2 bridgehead atoms. The maximum atomic E-state index is 12.8. The van der Waals surface area contributed by atoms with E-state index in [1.165, 1.54) is 7.11 Å². The van der Waals surface area contributed by atoms with Crippen LogP contribution in [-0.4, -0.2) is 53.8 Å². The molecule has 0 unspecified atom stereocenters. The summed E-state index contributed by atoms with van der Waals surface area (Å²) in [7, 11) is 1.29. The summed E-state index contributed by atoms with van der Waals surface area (Å²) < 4.78 is 17.2. The maximum Gasteiger partial charge on any atom is 0.341 e. The zero-order chi connectivity index (χ0) is 19.2. The van der Waals surface area contributed by atoms with Crippen LogP contribution in [0.1, 0.15) is 26.7 Å². The van der Waals surface area contributed by atoms with Gasteiger partial charge in [-0.05, 0) is 36.2 Å². The van der Waals surface area contributed by atoms with Crippen LogP contribution in [0.3, 0.4) is 0 Å². The highest BCUT2D eigenvalue weighted by Crippen LogP contribution is 2.71. The second-order valence-corrected chi connectivity index (χ2v) is 9.37. The first-order valence-corrected chi connectivity index (χ1v) is 9.91. The molecule has 6 nitrogen and oxygen atoms in total. The van der Waals surface area contributed by atoms with Gasteiger partial charge in [0, 0.05) is 17.3 Å². The molecule has 2 N–H and O–H groups in total. The largest absolute Gasteiger partial charge is 0.498 e. The molecule has 5 rings (SSSR count). The highest BCUT2D eigenvalue weighted by molar-refractivity contribution is 5.83. The molecule has 0 aromatic carbocycles. The average Bonchev–Trinajstić information content (AvgIpc) is 2.95. The van der Waals surface area contributed by atoms with Crippen molar-refractivity contribution in [1.82, 2.24) is 0 Å². The van der Waals surface area contributed by atoms with Crippen LogP contribution in [0.2, 0.25) is 0 Å². The molecule has 27 heavy (non-hydrogen) atoms. The molecule has 2 heterocycles. The molecule has 0 radical (unpaired) electrons. The third-order valence-electron chi connectivity index (χ3n) is 8.56. The lowest BCUT2D eigenvalue weighted by molar-refractivity contribution is -0.257. The lowest BCUT2D eigenvalue weighted by Gasteiger charge is -2.66. The Labute approximate surface area is 159 Å². The Hall–Kier alpha value is -1.37. The standard InChI is InChI=1S/C21H28O6/c1-11-5-4-7-19(2)12(11)9-14-20-10-27-21(18(24)25-3,13(20)6-8-26-14)17(23)15(22)16(19)20/h4-6,8,11-17,22-23H,7,9-10H2,1-3H3/t11-,12+,13-,14-,15+,16-,17+,19+,20-,21+/m1/s1. The Morgan fingerprint density at radius 1 is 1.30 bits per heavy atom.